The molecule has 18 heavy (non-hydrogen) atoms. The first kappa shape index (κ1) is 14.5. The second-order valence-corrected chi connectivity index (χ2v) is 5.14. The SMILES string of the molecule is CC1=CCCN(C(=O)NCC(C(=O)O)C(C)C)C1. The molecule has 0 aromatic rings. The highest BCUT2D eigenvalue weighted by molar-refractivity contribution is 5.76. The second kappa shape index (κ2) is 6.42. The van der Waals surface area contributed by atoms with Crippen LogP contribution in [-0.4, -0.2) is 41.6 Å². The van der Waals surface area contributed by atoms with E-state index < -0.39 is 11.9 Å². The molecule has 0 bridgehead atoms. The summed E-state index contributed by atoms with van der Waals surface area (Å²) in [6, 6.07) is -0.172. The topological polar surface area (TPSA) is 69.6 Å². The third-order valence-corrected chi connectivity index (χ3v) is 3.21. The average molecular weight is 254 g/mol. The lowest BCUT2D eigenvalue weighted by molar-refractivity contribution is -0.142. The van der Waals surface area contributed by atoms with Crippen molar-refractivity contribution in [3.05, 3.63) is 11.6 Å². The van der Waals surface area contributed by atoms with Crippen molar-refractivity contribution in [2.24, 2.45) is 11.8 Å². The highest BCUT2D eigenvalue weighted by atomic mass is 16.4. The lowest BCUT2D eigenvalue weighted by Crippen LogP contribution is -2.45. The Balaban J connectivity index is 2.45. The van der Waals surface area contributed by atoms with Gasteiger partial charge in [-0.15, -0.1) is 0 Å². The van der Waals surface area contributed by atoms with Crippen LogP contribution in [0.25, 0.3) is 0 Å². The Labute approximate surface area is 108 Å². The average Bonchev–Trinajstić information content (AvgIpc) is 2.28. The zero-order chi connectivity index (χ0) is 13.7. The number of nitrogens with zero attached hydrogens (tertiary/aromatic N) is 1. The molecule has 0 aromatic carbocycles. The van der Waals surface area contributed by atoms with E-state index in [-0.39, 0.29) is 18.5 Å². The smallest absolute Gasteiger partial charge is 0.317 e. The van der Waals surface area contributed by atoms with Crippen molar-refractivity contribution in [3.8, 4) is 0 Å². The van der Waals surface area contributed by atoms with Crippen LogP contribution in [0.4, 0.5) is 4.79 Å². The Morgan fingerprint density at radius 3 is 2.67 bits per heavy atom. The Morgan fingerprint density at radius 1 is 1.50 bits per heavy atom. The maximum absolute atomic E-state index is 11.9. The van der Waals surface area contributed by atoms with Crippen molar-refractivity contribution in [2.75, 3.05) is 19.6 Å². The first-order chi connectivity index (χ1) is 8.41. The summed E-state index contributed by atoms with van der Waals surface area (Å²) in [6.07, 6.45) is 2.99. The summed E-state index contributed by atoms with van der Waals surface area (Å²) in [4.78, 5) is 24.6. The molecule has 0 spiro atoms. The van der Waals surface area contributed by atoms with Gasteiger partial charge in [0.2, 0.25) is 0 Å². The first-order valence-corrected chi connectivity index (χ1v) is 6.33. The van der Waals surface area contributed by atoms with E-state index in [1.165, 1.54) is 5.57 Å². The van der Waals surface area contributed by atoms with E-state index in [4.69, 9.17) is 5.11 Å². The number of carbonyl (C=O) groups excluding carboxylic acids is 1. The molecule has 0 saturated carbocycles. The van der Waals surface area contributed by atoms with Gasteiger partial charge in [0.1, 0.15) is 0 Å². The molecule has 1 aliphatic heterocycles. The normalized spacial score (nSPS) is 17.3. The fraction of sp³-hybridized carbons (Fsp3) is 0.692. The largest absolute Gasteiger partial charge is 0.481 e. The van der Waals surface area contributed by atoms with E-state index in [0.717, 1.165) is 6.42 Å². The van der Waals surface area contributed by atoms with E-state index >= 15 is 0 Å². The van der Waals surface area contributed by atoms with Gasteiger partial charge in [-0.25, -0.2) is 4.79 Å². The highest BCUT2D eigenvalue weighted by Crippen LogP contribution is 2.11. The van der Waals surface area contributed by atoms with Crippen molar-refractivity contribution >= 4 is 12.0 Å². The van der Waals surface area contributed by atoms with Gasteiger partial charge in [0.25, 0.3) is 0 Å². The summed E-state index contributed by atoms with van der Waals surface area (Å²) >= 11 is 0. The molecule has 1 atom stereocenters. The molecule has 1 unspecified atom stereocenters. The third kappa shape index (κ3) is 4.05. The van der Waals surface area contributed by atoms with E-state index in [0.29, 0.717) is 13.1 Å². The van der Waals surface area contributed by atoms with Crippen LogP contribution in [0.3, 0.4) is 0 Å². The Kier molecular flexibility index (Phi) is 5.19. The molecular formula is C13H22N2O3. The summed E-state index contributed by atoms with van der Waals surface area (Å²) in [5.41, 5.74) is 1.18. The van der Waals surface area contributed by atoms with Gasteiger partial charge >= 0.3 is 12.0 Å². The lowest BCUT2D eigenvalue weighted by atomic mass is 9.96. The van der Waals surface area contributed by atoms with Gasteiger partial charge in [0.05, 0.1) is 5.92 Å². The van der Waals surface area contributed by atoms with Crippen LogP contribution < -0.4 is 5.32 Å². The van der Waals surface area contributed by atoms with E-state index in [1.54, 1.807) is 4.90 Å². The van der Waals surface area contributed by atoms with Crippen LogP contribution in [0.2, 0.25) is 0 Å². The number of nitrogens with one attached hydrogen (secondary N) is 1. The minimum atomic E-state index is -0.861. The number of aliphatic carboxylic acids is 1. The van der Waals surface area contributed by atoms with Gasteiger partial charge in [0, 0.05) is 19.6 Å². The van der Waals surface area contributed by atoms with Crippen molar-refractivity contribution in [2.45, 2.75) is 27.2 Å². The number of rotatable bonds is 4. The molecule has 5 nitrogen and oxygen atoms in total. The highest BCUT2D eigenvalue weighted by Gasteiger charge is 2.23. The lowest BCUT2D eigenvalue weighted by Gasteiger charge is -2.27. The van der Waals surface area contributed by atoms with Crippen molar-refractivity contribution in [3.63, 3.8) is 0 Å². The summed E-state index contributed by atoms with van der Waals surface area (Å²) in [5.74, 6) is -1.39. The number of carboxylic acids is 1. The molecule has 0 radical (unpaired) electrons. The number of hydrogen-bond acceptors (Lipinski definition) is 2. The van der Waals surface area contributed by atoms with Crippen LogP contribution in [0.5, 0.6) is 0 Å². The molecular weight excluding hydrogens is 232 g/mol. The Bertz CT molecular complexity index is 350. The molecule has 1 aliphatic rings. The molecule has 2 amide bonds. The van der Waals surface area contributed by atoms with Crippen molar-refractivity contribution in [1.82, 2.24) is 10.2 Å². The van der Waals surface area contributed by atoms with E-state index in [2.05, 4.69) is 11.4 Å². The second-order valence-electron chi connectivity index (χ2n) is 5.14. The van der Waals surface area contributed by atoms with Gasteiger partial charge in [-0.05, 0) is 19.3 Å². The summed E-state index contributed by atoms with van der Waals surface area (Å²) in [7, 11) is 0. The van der Waals surface area contributed by atoms with Crippen LogP contribution in [-0.2, 0) is 4.79 Å². The zero-order valence-electron chi connectivity index (χ0n) is 11.3. The van der Waals surface area contributed by atoms with Crippen LogP contribution >= 0.6 is 0 Å². The molecule has 0 aliphatic carbocycles. The number of carboxylic acid groups (broad SMARTS) is 1. The summed E-state index contributed by atoms with van der Waals surface area (Å²) in [6.45, 7) is 7.20. The molecule has 1 rings (SSSR count). The number of amides is 2. The first-order valence-electron chi connectivity index (χ1n) is 6.33. The molecule has 0 fully saturated rings. The molecule has 2 N–H and O–H groups in total. The van der Waals surface area contributed by atoms with Crippen molar-refractivity contribution < 1.29 is 14.7 Å². The van der Waals surface area contributed by atoms with Crippen LogP contribution in [0, 0.1) is 11.8 Å². The number of hydrogen-bond donors (Lipinski definition) is 2. The molecule has 1 heterocycles. The summed E-state index contributed by atoms with van der Waals surface area (Å²) < 4.78 is 0. The standard InChI is InChI=1S/C13H22N2O3/c1-9(2)11(12(16)17)7-14-13(18)15-6-4-5-10(3)8-15/h5,9,11H,4,6-8H2,1-3H3,(H,14,18)(H,16,17). The monoisotopic (exact) mass is 254 g/mol. The van der Waals surface area contributed by atoms with Gasteiger partial charge in [-0.1, -0.05) is 25.5 Å². The van der Waals surface area contributed by atoms with Gasteiger partial charge in [-0.2, -0.15) is 0 Å². The van der Waals surface area contributed by atoms with E-state index in [9.17, 15) is 9.59 Å². The van der Waals surface area contributed by atoms with Crippen molar-refractivity contribution in [1.29, 1.82) is 0 Å². The molecule has 102 valence electrons. The summed E-state index contributed by atoms with van der Waals surface area (Å²) in [5, 5.41) is 11.7. The molecule has 0 saturated heterocycles. The zero-order valence-corrected chi connectivity index (χ0v) is 11.3. The minimum Gasteiger partial charge on any atom is -0.481 e. The molecule has 5 heteroatoms. The predicted octanol–water partition coefficient (Wildman–Crippen LogP) is 1.70. The van der Waals surface area contributed by atoms with Crippen LogP contribution in [0.15, 0.2) is 11.6 Å². The number of carbonyl (C=O) groups is 2. The maximum Gasteiger partial charge on any atom is 0.317 e. The third-order valence-electron chi connectivity index (χ3n) is 3.21. The Morgan fingerprint density at radius 2 is 2.17 bits per heavy atom. The predicted molar refractivity (Wildman–Crippen MR) is 69.3 cm³/mol. The quantitative estimate of drug-likeness (QED) is 0.750. The van der Waals surface area contributed by atoms with Gasteiger partial charge in [0.15, 0.2) is 0 Å². The fourth-order valence-corrected chi connectivity index (χ4v) is 2.00. The minimum absolute atomic E-state index is 0.00536. The van der Waals surface area contributed by atoms with Gasteiger partial charge in [-0.3, -0.25) is 4.79 Å². The Hall–Kier alpha value is -1.52. The van der Waals surface area contributed by atoms with E-state index in [1.807, 2.05) is 20.8 Å². The maximum atomic E-state index is 11.9. The number of urea groups is 1. The fourth-order valence-electron chi connectivity index (χ4n) is 2.00. The van der Waals surface area contributed by atoms with Gasteiger partial charge < -0.3 is 15.3 Å². The van der Waals surface area contributed by atoms with Crippen LogP contribution in [0.1, 0.15) is 27.2 Å². The molecule has 0 aromatic heterocycles.